The first-order valence-corrected chi connectivity index (χ1v) is 7.85. The number of rotatable bonds is 6. The summed E-state index contributed by atoms with van der Waals surface area (Å²) in [5, 5.41) is -11.2. The highest BCUT2D eigenvalue weighted by atomic mass is 32.2. The van der Waals surface area contributed by atoms with Crippen molar-refractivity contribution in [2.75, 3.05) is 0 Å². The molecule has 0 aliphatic rings. The second kappa shape index (κ2) is 7.84. The van der Waals surface area contributed by atoms with Crippen LogP contribution in [0.25, 0.3) is 0 Å². The van der Waals surface area contributed by atoms with Crippen LogP contribution >= 0.6 is 11.8 Å². The highest BCUT2D eigenvalue weighted by Gasteiger charge is 2.80. The van der Waals surface area contributed by atoms with Crippen LogP contribution in [0.4, 0.5) is 61.5 Å². The number of ketones is 2. The molecule has 3 nitrogen and oxygen atoms in total. The lowest BCUT2D eigenvalue weighted by Gasteiger charge is -2.34. The Hall–Kier alpha value is -2.01. The van der Waals surface area contributed by atoms with Crippen LogP contribution < -0.4 is 0 Å². The Morgan fingerprint density at radius 2 is 1.16 bits per heavy atom. The first kappa shape index (κ1) is 27.0. The minimum Gasteiger partial charge on any atom is -0.461 e. The van der Waals surface area contributed by atoms with Crippen LogP contribution in [-0.2, 0) is 4.79 Å². The fourth-order valence-electron chi connectivity index (χ4n) is 1.85. The molecule has 0 radical (unpaired) electrons. The summed E-state index contributed by atoms with van der Waals surface area (Å²) >= 11 is -2.64. The normalized spacial score (nSPS) is 15.7. The fraction of sp³-hybridized carbons (Fsp3) is 0.538. The van der Waals surface area contributed by atoms with E-state index in [-0.39, 0.29) is 0 Å². The number of furan rings is 1. The van der Waals surface area contributed by atoms with Crippen molar-refractivity contribution in [2.45, 2.75) is 40.6 Å². The highest BCUT2D eigenvalue weighted by molar-refractivity contribution is 8.02. The largest absolute Gasteiger partial charge is 0.461 e. The van der Waals surface area contributed by atoms with Crippen LogP contribution in [-0.4, -0.2) is 52.2 Å². The molecule has 178 valence electrons. The molecule has 18 heteroatoms. The van der Waals surface area contributed by atoms with Gasteiger partial charge in [0, 0.05) is 0 Å². The minimum absolute atomic E-state index is 0.297. The van der Waals surface area contributed by atoms with Crippen LogP contribution in [0.2, 0.25) is 0 Å². The molecule has 0 spiro atoms. The van der Waals surface area contributed by atoms with Crippen molar-refractivity contribution in [2.24, 2.45) is 0 Å². The zero-order chi connectivity index (χ0) is 24.8. The van der Waals surface area contributed by atoms with E-state index in [1.54, 1.807) is 0 Å². The van der Waals surface area contributed by atoms with Crippen LogP contribution in [0, 0.1) is 0 Å². The summed E-state index contributed by atoms with van der Waals surface area (Å²) in [4.78, 5) is 23.7. The van der Waals surface area contributed by atoms with Gasteiger partial charge in [-0.2, -0.15) is 52.7 Å². The Bertz CT molecular complexity index is 773. The van der Waals surface area contributed by atoms with Crippen LogP contribution in [0.3, 0.4) is 0 Å². The van der Waals surface area contributed by atoms with Crippen molar-refractivity contribution in [3.05, 3.63) is 24.2 Å². The first-order chi connectivity index (χ1) is 13.5. The van der Waals surface area contributed by atoms with Gasteiger partial charge in [-0.3, -0.25) is 9.59 Å². The third-order valence-electron chi connectivity index (χ3n) is 3.37. The lowest BCUT2D eigenvalue weighted by molar-refractivity contribution is -0.324. The van der Waals surface area contributed by atoms with E-state index in [2.05, 4.69) is 4.42 Å². The van der Waals surface area contributed by atoms with Crippen molar-refractivity contribution in [3.63, 3.8) is 0 Å². The molecular weight excluding hydrogens is 502 g/mol. The molecule has 1 unspecified atom stereocenters. The second-order valence-electron chi connectivity index (χ2n) is 5.45. The van der Waals surface area contributed by atoms with Gasteiger partial charge in [-0.15, -0.1) is 0 Å². The van der Waals surface area contributed by atoms with E-state index >= 15 is 0 Å². The predicted octanol–water partition coefficient (Wildman–Crippen LogP) is 5.76. The molecule has 0 aliphatic carbocycles. The molecular formula is C13H4F14O3S. The van der Waals surface area contributed by atoms with E-state index in [0.29, 0.717) is 18.4 Å². The summed E-state index contributed by atoms with van der Waals surface area (Å²) in [5.74, 6) is -8.44. The van der Waals surface area contributed by atoms with Gasteiger partial charge < -0.3 is 4.42 Å². The highest BCUT2D eigenvalue weighted by Crippen LogP contribution is 2.57. The van der Waals surface area contributed by atoms with E-state index in [9.17, 15) is 71.1 Å². The van der Waals surface area contributed by atoms with Gasteiger partial charge in [0.05, 0.1) is 6.26 Å². The van der Waals surface area contributed by atoms with Crippen molar-refractivity contribution >= 4 is 23.3 Å². The van der Waals surface area contributed by atoms with Crippen molar-refractivity contribution in [1.29, 1.82) is 0 Å². The molecule has 0 saturated carbocycles. The average Bonchev–Trinajstić information content (AvgIpc) is 3.07. The number of thioether (sulfide) groups is 1. The first-order valence-electron chi connectivity index (χ1n) is 6.97. The molecule has 0 aromatic carbocycles. The number of alkyl halides is 14. The smallest absolute Gasteiger partial charge is 0.441 e. The van der Waals surface area contributed by atoms with Gasteiger partial charge in [-0.05, 0) is 12.1 Å². The second-order valence-corrected chi connectivity index (χ2v) is 6.72. The van der Waals surface area contributed by atoms with E-state index in [0.717, 1.165) is 0 Å². The van der Waals surface area contributed by atoms with Gasteiger partial charge in [-0.25, -0.2) is 8.78 Å². The van der Waals surface area contributed by atoms with Gasteiger partial charge >= 0.3 is 35.4 Å². The quantitative estimate of drug-likeness (QED) is 0.280. The Kier molecular flexibility index (Phi) is 6.84. The van der Waals surface area contributed by atoms with E-state index < -0.39 is 69.7 Å². The molecule has 1 atom stereocenters. The van der Waals surface area contributed by atoms with Crippen molar-refractivity contribution < 1.29 is 75.5 Å². The summed E-state index contributed by atoms with van der Waals surface area (Å²) in [6.45, 7) is 0. The van der Waals surface area contributed by atoms with E-state index in [1.165, 1.54) is 0 Å². The lowest BCUT2D eigenvalue weighted by Crippen LogP contribution is -2.63. The number of carbonyl (C=O) groups is 2. The van der Waals surface area contributed by atoms with Crippen LogP contribution in [0.15, 0.2) is 22.8 Å². The maximum absolute atomic E-state index is 13.9. The van der Waals surface area contributed by atoms with Gasteiger partial charge in [0.1, 0.15) is 5.25 Å². The molecule has 0 aliphatic heterocycles. The minimum atomic E-state index is -7.31. The van der Waals surface area contributed by atoms with Gasteiger partial charge in [-0.1, -0.05) is 11.8 Å². The Labute approximate surface area is 164 Å². The van der Waals surface area contributed by atoms with Crippen molar-refractivity contribution in [1.82, 2.24) is 0 Å². The topological polar surface area (TPSA) is 47.3 Å². The zero-order valence-electron chi connectivity index (χ0n) is 13.7. The van der Waals surface area contributed by atoms with Crippen LogP contribution in [0.5, 0.6) is 0 Å². The molecule has 0 saturated heterocycles. The number of carbonyl (C=O) groups excluding carboxylic acids is 2. The molecule has 1 heterocycles. The summed E-state index contributed by atoms with van der Waals surface area (Å²) < 4.78 is 184. The summed E-state index contributed by atoms with van der Waals surface area (Å²) in [6, 6.07) is 0.928. The molecule has 1 aromatic rings. The predicted molar refractivity (Wildman–Crippen MR) is 71.3 cm³/mol. The third kappa shape index (κ3) is 4.62. The summed E-state index contributed by atoms with van der Waals surface area (Å²) in [6.07, 6.45) is -28.4. The third-order valence-corrected chi connectivity index (χ3v) is 4.82. The molecule has 0 amide bonds. The fourth-order valence-corrected chi connectivity index (χ4v) is 2.94. The zero-order valence-corrected chi connectivity index (χ0v) is 14.6. The Morgan fingerprint density at radius 1 is 0.742 bits per heavy atom. The Balaban J connectivity index is 3.78. The molecule has 0 fully saturated rings. The number of Topliss-reactive ketones (excluding diaryl/α,β-unsaturated/α-hetero) is 2. The van der Waals surface area contributed by atoms with Crippen LogP contribution in [0.1, 0.15) is 10.6 Å². The average molecular weight is 506 g/mol. The van der Waals surface area contributed by atoms with Crippen molar-refractivity contribution in [3.8, 4) is 0 Å². The lowest BCUT2D eigenvalue weighted by atomic mass is 9.94. The molecule has 0 N–H and O–H groups in total. The number of halogens is 14. The Morgan fingerprint density at radius 3 is 1.45 bits per heavy atom. The van der Waals surface area contributed by atoms with Gasteiger partial charge in [0.2, 0.25) is 11.6 Å². The van der Waals surface area contributed by atoms with Gasteiger partial charge in [0.15, 0.2) is 5.76 Å². The summed E-state index contributed by atoms with van der Waals surface area (Å²) in [5.41, 5.74) is -7.13. The maximum atomic E-state index is 13.9. The summed E-state index contributed by atoms with van der Waals surface area (Å²) in [7, 11) is 0. The number of hydrogen-bond acceptors (Lipinski definition) is 4. The monoisotopic (exact) mass is 506 g/mol. The molecule has 0 bridgehead atoms. The number of hydrogen-bond donors (Lipinski definition) is 0. The molecule has 1 aromatic heterocycles. The van der Waals surface area contributed by atoms with Gasteiger partial charge in [0.25, 0.3) is 0 Å². The van der Waals surface area contributed by atoms with E-state index in [4.69, 9.17) is 0 Å². The molecule has 31 heavy (non-hydrogen) atoms. The maximum Gasteiger partial charge on any atom is 0.441 e. The SMILES string of the molecule is O=C(c1ccco1)C(SC(F)(C(F)(F)F)C(F)(F)F)C(=O)C(F)(C(F)(F)F)C(F)(F)F. The standard InChI is InChI=1S/C13H4F14O3S/c14-8(10(16,17)18,11(19,20)21)7(29)6(5(28)4-2-1-3-30-4)31-9(15,12(22,23)24)13(25,26)27/h1-3,6H. The van der Waals surface area contributed by atoms with E-state index in [1.807, 2.05) is 0 Å². The molecule has 1 rings (SSSR count).